The summed E-state index contributed by atoms with van der Waals surface area (Å²) >= 11 is 0. The first kappa shape index (κ1) is 15.0. The van der Waals surface area contributed by atoms with Gasteiger partial charge in [0.1, 0.15) is 6.17 Å². The van der Waals surface area contributed by atoms with E-state index in [1.807, 2.05) is 23.1 Å². The van der Waals surface area contributed by atoms with Crippen LogP contribution in [0.4, 0.5) is 0 Å². The van der Waals surface area contributed by atoms with Crippen molar-refractivity contribution in [3.8, 4) is 0 Å². The third kappa shape index (κ3) is 3.04. The van der Waals surface area contributed by atoms with E-state index in [0.717, 1.165) is 13.0 Å². The molecule has 0 saturated carbocycles. The van der Waals surface area contributed by atoms with Gasteiger partial charge in [0.15, 0.2) is 0 Å². The molecule has 1 aliphatic heterocycles. The van der Waals surface area contributed by atoms with Gasteiger partial charge in [0, 0.05) is 6.54 Å². The first-order chi connectivity index (χ1) is 9.54. The number of nitrogens with zero attached hydrogens (tertiary/aromatic N) is 1. The van der Waals surface area contributed by atoms with Gasteiger partial charge in [-0.1, -0.05) is 64.4 Å². The topological polar surface area (TPSA) is 32.3 Å². The lowest BCUT2D eigenvalue weighted by Gasteiger charge is -2.26. The summed E-state index contributed by atoms with van der Waals surface area (Å²) in [6.07, 6.45) is 1.03. The molecule has 2 rings (SSSR count). The monoisotopic (exact) mass is 274 g/mol. The Kier molecular flexibility index (Phi) is 4.81. The number of rotatable bonds is 5. The van der Waals surface area contributed by atoms with Gasteiger partial charge in [-0.3, -0.25) is 10.1 Å². The fourth-order valence-electron chi connectivity index (χ4n) is 2.78. The number of hydrogen-bond donors (Lipinski definition) is 1. The van der Waals surface area contributed by atoms with Crippen molar-refractivity contribution in [2.45, 2.75) is 46.3 Å². The largest absolute Gasteiger partial charge is 0.321 e. The summed E-state index contributed by atoms with van der Waals surface area (Å²) in [6.45, 7) is 9.41. The van der Waals surface area contributed by atoms with Crippen LogP contribution in [0, 0.1) is 11.8 Å². The fraction of sp³-hybridized carbons (Fsp3) is 0.588. The summed E-state index contributed by atoms with van der Waals surface area (Å²) in [5.41, 5.74) is 1.17. The average molecular weight is 274 g/mol. The number of carbonyl (C=O) groups is 1. The molecule has 0 radical (unpaired) electrons. The van der Waals surface area contributed by atoms with E-state index in [0.29, 0.717) is 11.8 Å². The molecule has 0 spiro atoms. The van der Waals surface area contributed by atoms with Crippen molar-refractivity contribution in [2.24, 2.45) is 11.8 Å². The summed E-state index contributed by atoms with van der Waals surface area (Å²) < 4.78 is 0. The molecule has 20 heavy (non-hydrogen) atoms. The molecule has 1 heterocycles. The number of nitrogens with one attached hydrogen (secondary N) is 1. The van der Waals surface area contributed by atoms with Gasteiger partial charge in [-0.25, -0.2) is 0 Å². The van der Waals surface area contributed by atoms with Crippen LogP contribution in [0.3, 0.4) is 0 Å². The zero-order chi connectivity index (χ0) is 14.7. The normalized spacial score (nSPS) is 24.4. The second kappa shape index (κ2) is 6.40. The predicted octanol–water partition coefficient (Wildman–Crippen LogP) is 3.19. The van der Waals surface area contributed by atoms with Crippen molar-refractivity contribution in [3.63, 3.8) is 0 Å². The summed E-state index contributed by atoms with van der Waals surface area (Å²) in [6, 6.07) is 10.2. The highest BCUT2D eigenvalue weighted by Crippen LogP contribution is 2.29. The lowest BCUT2D eigenvalue weighted by atomic mass is 9.99. The lowest BCUT2D eigenvalue weighted by molar-refractivity contribution is -0.131. The third-order valence-electron chi connectivity index (χ3n) is 4.09. The Morgan fingerprint density at radius 3 is 2.40 bits per heavy atom. The van der Waals surface area contributed by atoms with E-state index in [-0.39, 0.29) is 18.1 Å². The number of carbonyl (C=O) groups excluding carboxylic acids is 1. The van der Waals surface area contributed by atoms with E-state index < -0.39 is 0 Å². The molecule has 3 unspecified atom stereocenters. The predicted molar refractivity (Wildman–Crippen MR) is 82.1 cm³/mol. The maximum Gasteiger partial charge on any atom is 0.241 e. The molecule has 1 saturated heterocycles. The van der Waals surface area contributed by atoms with Crippen LogP contribution in [-0.4, -0.2) is 23.4 Å². The Bertz CT molecular complexity index is 444. The van der Waals surface area contributed by atoms with Crippen LogP contribution < -0.4 is 5.32 Å². The molecular weight excluding hydrogens is 248 g/mol. The Labute approximate surface area is 122 Å². The molecule has 1 fully saturated rings. The number of hydrogen-bond acceptors (Lipinski definition) is 2. The summed E-state index contributed by atoms with van der Waals surface area (Å²) in [7, 11) is 0. The highest BCUT2D eigenvalue weighted by Gasteiger charge is 2.41. The van der Waals surface area contributed by atoms with Crippen LogP contribution in [0.25, 0.3) is 0 Å². The summed E-state index contributed by atoms with van der Waals surface area (Å²) in [5.74, 6) is 1.09. The van der Waals surface area contributed by atoms with E-state index in [2.05, 4.69) is 45.1 Å². The van der Waals surface area contributed by atoms with Crippen molar-refractivity contribution < 1.29 is 4.79 Å². The molecule has 110 valence electrons. The Hall–Kier alpha value is -1.35. The molecule has 1 aromatic carbocycles. The lowest BCUT2D eigenvalue weighted by Crippen LogP contribution is -2.36. The molecule has 1 aliphatic rings. The Balaban J connectivity index is 2.26. The van der Waals surface area contributed by atoms with Gasteiger partial charge < -0.3 is 4.90 Å². The van der Waals surface area contributed by atoms with Crippen molar-refractivity contribution in [1.82, 2.24) is 10.2 Å². The molecule has 3 heteroatoms. The molecule has 0 aliphatic carbocycles. The smallest absolute Gasteiger partial charge is 0.241 e. The SMILES string of the molecule is CCC(C)C1NC(c2ccccc2)N(CC(C)C)C1=O. The summed E-state index contributed by atoms with van der Waals surface area (Å²) in [4.78, 5) is 14.7. The molecular formula is C17H26N2O. The van der Waals surface area contributed by atoms with Gasteiger partial charge in [-0.15, -0.1) is 0 Å². The highest BCUT2D eigenvalue weighted by molar-refractivity contribution is 5.85. The first-order valence-electron chi connectivity index (χ1n) is 7.66. The molecule has 1 N–H and O–H groups in total. The third-order valence-corrected chi connectivity index (χ3v) is 4.09. The Morgan fingerprint density at radius 1 is 1.20 bits per heavy atom. The van der Waals surface area contributed by atoms with Gasteiger partial charge in [0.2, 0.25) is 5.91 Å². The second-order valence-corrected chi connectivity index (χ2v) is 6.23. The average Bonchev–Trinajstić information content (AvgIpc) is 2.76. The minimum Gasteiger partial charge on any atom is -0.321 e. The maximum absolute atomic E-state index is 12.7. The molecule has 1 amide bonds. The molecule has 3 nitrogen and oxygen atoms in total. The first-order valence-corrected chi connectivity index (χ1v) is 7.66. The van der Waals surface area contributed by atoms with Gasteiger partial charge in [-0.2, -0.15) is 0 Å². The zero-order valence-electron chi connectivity index (χ0n) is 13.0. The van der Waals surface area contributed by atoms with E-state index in [9.17, 15) is 4.79 Å². The number of amides is 1. The maximum atomic E-state index is 12.7. The van der Waals surface area contributed by atoms with Crippen molar-refractivity contribution >= 4 is 5.91 Å². The van der Waals surface area contributed by atoms with E-state index in [1.165, 1.54) is 5.56 Å². The van der Waals surface area contributed by atoms with Gasteiger partial charge in [-0.05, 0) is 17.4 Å². The van der Waals surface area contributed by atoms with Gasteiger partial charge in [0.05, 0.1) is 6.04 Å². The summed E-state index contributed by atoms with van der Waals surface area (Å²) in [5, 5.41) is 3.54. The van der Waals surface area contributed by atoms with Gasteiger partial charge in [0.25, 0.3) is 0 Å². The Morgan fingerprint density at radius 2 is 1.85 bits per heavy atom. The van der Waals surface area contributed by atoms with Crippen molar-refractivity contribution in [2.75, 3.05) is 6.54 Å². The van der Waals surface area contributed by atoms with Crippen LogP contribution in [0.5, 0.6) is 0 Å². The molecule has 1 aromatic rings. The zero-order valence-corrected chi connectivity index (χ0v) is 13.0. The highest BCUT2D eigenvalue weighted by atomic mass is 16.2. The van der Waals surface area contributed by atoms with E-state index in [4.69, 9.17) is 0 Å². The van der Waals surface area contributed by atoms with Crippen molar-refractivity contribution in [3.05, 3.63) is 35.9 Å². The molecule has 0 bridgehead atoms. The van der Waals surface area contributed by atoms with E-state index >= 15 is 0 Å². The number of benzene rings is 1. The van der Waals surface area contributed by atoms with Crippen LogP contribution in [0.1, 0.15) is 45.8 Å². The second-order valence-electron chi connectivity index (χ2n) is 6.23. The van der Waals surface area contributed by atoms with Gasteiger partial charge >= 0.3 is 0 Å². The fourth-order valence-corrected chi connectivity index (χ4v) is 2.78. The molecule has 3 atom stereocenters. The van der Waals surface area contributed by atoms with Crippen molar-refractivity contribution in [1.29, 1.82) is 0 Å². The van der Waals surface area contributed by atoms with Crippen LogP contribution >= 0.6 is 0 Å². The standard InChI is InChI=1S/C17H26N2O/c1-5-13(4)15-17(20)19(11-12(2)3)16(18-15)14-9-7-6-8-10-14/h6-10,12-13,15-16,18H,5,11H2,1-4H3. The minimum absolute atomic E-state index is 0.0186. The van der Waals surface area contributed by atoms with E-state index in [1.54, 1.807) is 0 Å². The quantitative estimate of drug-likeness (QED) is 0.894. The van der Waals surface area contributed by atoms with Crippen LogP contribution in [0.15, 0.2) is 30.3 Å². The molecule has 0 aromatic heterocycles. The van der Waals surface area contributed by atoms with Crippen LogP contribution in [0.2, 0.25) is 0 Å². The minimum atomic E-state index is -0.0519. The van der Waals surface area contributed by atoms with Crippen LogP contribution in [-0.2, 0) is 4.79 Å².